The molecule has 106 valence electrons. The zero-order valence-electron chi connectivity index (χ0n) is 11.6. The van der Waals surface area contributed by atoms with Crippen LogP contribution in [0.25, 0.3) is 0 Å². The van der Waals surface area contributed by atoms with E-state index in [0.717, 1.165) is 25.2 Å². The van der Waals surface area contributed by atoms with Gasteiger partial charge in [-0.05, 0) is 32.1 Å². The molecule has 1 heterocycles. The van der Waals surface area contributed by atoms with E-state index in [-0.39, 0.29) is 13.2 Å². The molecular weight excluding hydrogens is 244 g/mol. The number of nitrogens with zero attached hydrogens (tertiary/aromatic N) is 1. The number of aliphatic hydroxyl groups excluding tert-OH is 1. The fourth-order valence-corrected chi connectivity index (χ4v) is 2.32. The molecule has 0 spiro atoms. The lowest BCUT2D eigenvalue weighted by atomic mass is 10.2. The second-order valence-corrected chi connectivity index (χ2v) is 4.83. The van der Waals surface area contributed by atoms with Crippen molar-refractivity contribution in [1.29, 1.82) is 0 Å². The van der Waals surface area contributed by atoms with Crippen molar-refractivity contribution in [1.82, 2.24) is 4.90 Å². The standard InChI is InChI=1S/C14H22N2O3/c1-16-6-5-12(10-16)15-11-3-4-13(18-2)14(9-11)19-8-7-17/h3-4,9,12,15,17H,5-8,10H2,1-2H3. The van der Waals surface area contributed by atoms with Crippen molar-refractivity contribution in [3.05, 3.63) is 18.2 Å². The molecule has 0 bridgehead atoms. The number of hydrogen-bond donors (Lipinski definition) is 2. The van der Waals surface area contributed by atoms with Gasteiger partial charge in [-0.2, -0.15) is 0 Å². The predicted octanol–water partition coefficient (Wildman–Crippen LogP) is 1.18. The lowest BCUT2D eigenvalue weighted by Crippen LogP contribution is -2.23. The number of rotatable bonds is 6. The second-order valence-electron chi connectivity index (χ2n) is 4.83. The summed E-state index contributed by atoms with van der Waals surface area (Å²) >= 11 is 0. The summed E-state index contributed by atoms with van der Waals surface area (Å²) in [5, 5.41) is 12.3. The number of likely N-dealkylation sites (N-methyl/N-ethyl adjacent to an activating group) is 1. The Morgan fingerprint density at radius 1 is 1.42 bits per heavy atom. The summed E-state index contributed by atoms with van der Waals surface area (Å²) in [6, 6.07) is 6.27. The Labute approximate surface area is 114 Å². The second kappa shape index (κ2) is 6.63. The molecular formula is C14H22N2O3. The van der Waals surface area contributed by atoms with E-state index >= 15 is 0 Å². The normalized spacial score (nSPS) is 19.4. The smallest absolute Gasteiger partial charge is 0.163 e. The van der Waals surface area contributed by atoms with Gasteiger partial charge in [0.15, 0.2) is 11.5 Å². The average Bonchev–Trinajstić information content (AvgIpc) is 2.82. The first-order chi connectivity index (χ1) is 9.22. The van der Waals surface area contributed by atoms with Crippen molar-refractivity contribution in [2.24, 2.45) is 0 Å². The molecule has 1 aromatic carbocycles. The van der Waals surface area contributed by atoms with E-state index in [2.05, 4.69) is 17.3 Å². The molecule has 1 aliphatic heterocycles. The van der Waals surface area contributed by atoms with Gasteiger partial charge in [0.25, 0.3) is 0 Å². The first-order valence-corrected chi connectivity index (χ1v) is 6.59. The van der Waals surface area contributed by atoms with E-state index in [0.29, 0.717) is 17.5 Å². The van der Waals surface area contributed by atoms with Gasteiger partial charge in [-0.3, -0.25) is 0 Å². The Balaban J connectivity index is 2.04. The number of benzene rings is 1. The summed E-state index contributed by atoms with van der Waals surface area (Å²) in [7, 11) is 3.74. The summed E-state index contributed by atoms with van der Waals surface area (Å²) in [6.45, 7) is 2.45. The van der Waals surface area contributed by atoms with Crippen molar-refractivity contribution in [3.63, 3.8) is 0 Å². The average molecular weight is 266 g/mol. The quantitative estimate of drug-likeness (QED) is 0.810. The molecule has 1 aromatic rings. The SMILES string of the molecule is COc1ccc(NC2CCN(C)C2)cc1OCCO. The van der Waals surface area contributed by atoms with Crippen molar-refractivity contribution >= 4 is 5.69 Å². The van der Waals surface area contributed by atoms with Crippen molar-refractivity contribution < 1.29 is 14.6 Å². The molecule has 1 atom stereocenters. The van der Waals surface area contributed by atoms with Crippen LogP contribution in [0.1, 0.15) is 6.42 Å². The molecule has 0 saturated carbocycles. The molecule has 2 N–H and O–H groups in total. The monoisotopic (exact) mass is 266 g/mol. The summed E-state index contributed by atoms with van der Waals surface area (Å²) in [5.74, 6) is 1.34. The minimum atomic E-state index is -0.00572. The Morgan fingerprint density at radius 2 is 2.26 bits per heavy atom. The van der Waals surface area contributed by atoms with Crippen LogP contribution in [-0.2, 0) is 0 Å². The van der Waals surface area contributed by atoms with Crippen LogP contribution in [0, 0.1) is 0 Å². The van der Waals surface area contributed by atoms with Gasteiger partial charge in [-0.25, -0.2) is 0 Å². The highest BCUT2D eigenvalue weighted by Crippen LogP contribution is 2.30. The summed E-state index contributed by atoms with van der Waals surface area (Å²) < 4.78 is 10.7. The largest absolute Gasteiger partial charge is 0.493 e. The highest BCUT2D eigenvalue weighted by molar-refractivity contribution is 5.55. The van der Waals surface area contributed by atoms with Crippen LogP contribution in [0.2, 0.25) is 0 Å². The van der Waals surface area contributed by atoms with Gasteiger partial charge < -0.3 is 24.8 Å². The fraction of sp³-hybridized carbons (Fsp3) is 0.571. The number of aliphatic hydroxyl groups is 1. The van der Waals surface area contributed by atoms with Gasteiger partial charge in [0.2, 0.25) is 0 Å². The first-order valence-electron chi connectivity index (χ1n) is 6.59. The van der Waals surface area contributed by atoms with Crippen LogP contribution in [0.3, 0.4) is 0 Å². The Bertz CT molecular complexity index is 412. The Hall–Kier alpha value is -1.46. The summed E-state index contributed by atoms with van der Waals surface area (Å²) in [4.78, 5) is 2.31. The number of likely N-dealkylation sites (tertiary alicyclic amines) is 1. The maximum atomic E-state index is 8.83. The Kier molecular flexibility index (Phi) is 4.87. The van der Waals surface area contributed by atoms with Gasteiger partial charge >= 0.3 is 0 Å². The van der Waals surface area contributed by atoms with Crippen molar-refractivity contribution in [2.75, 3.05) is 45.8 Å². The highest BCUT2D eigenvalue weighted by atomic mass is 16.5. The van der Waals surface area contributed by atoms with Crippen molar-refractivity contribution in [2.45, 2.75) is 12.5 Å². The zero-order valence-corrected chi connectivity index (χ0v) is 11.6. The molecule has 0 radical (unpaired) electrons. The topological polar surface area (TPSA) is 54.0 Å². The van der Waals surface area contributed by atoms with Crippen LogP contribution in [0.4, 0.5) is 5.69 Å². The number of nitrogens with one attached hydrogen (secondary N) is 1. The van der Waals surface area contributed by atoms with E-state index in [4.69, 9.17) is 14.6 Å². The molecule has 2 rings (SSSR count). The maximum absolute atomic E-state index is 8.83. The number of methoxy groups -OCH3 is 1. The van der Waals surface area contributed by atoms with Crippen LogP contribution < -0.4 is 14.8 Å². The Morgan fingerprint density at radius 3 is 2.89 bits per heavy atom. The molecule has 1 unspecified atom stereocenters. The van der Waals surface area contributed by atoms with E-state index in [1.807, 2.05) is 18.2 Å². The lowest BCUT2D eigenvalue weighted by molar-refractivity contribution is 0.196. The minimum absolute atomic E-state index is 0.00572. The summed E-state index contributed by atoms with van der Waals surface area (Å²) in [5.41, 5.74) is 1.02. The molecule has 0 aliphatic carbocycles. The molecule has 1 fully saturated rings. The van der Waals surface area contributed by atoms with Gasteiger partial charge in [0, 0.05) is 24.3 Å². The van der Waals surface area contributed by atoms with E-state index in [1.54, 1.807) is 7.11 Å². The summed E-state index contributed by atoms with van der Waals surface area (Å²) in [6.07, 6.45) is 1.15. The van der Waals surface area contributed by atoms with E-state index < -0.39 is 0 Å². The van der Waals surface area contributed by atoms with Gasteiger partial charge in [-0.1, -0.05) is 0 Å². The molecule has 1 aliphatic rings. The van der Waals surface area contributed by atoms with Gasteiger partial charge in [0.1, 0.15) is 6.61 Å². The third-order valence-corrected chi connectivity index (χ3v) is 3.27. The van der Waals surface area contributed by atoms with E-state index in [9.17, 15) is 0 Å². The van der Waals surface area contributed by atoms with Crippen LogP contribution >= 0.6 is 0 Å². The third kappa shape index (κ3) is 3.75. The molecule has 0 amide bonds. The maximum Gasteiger partial charge on any atom is 0.163 e. The van der Waals surface area contributed by atoms with Gasteiger partial charge in [-0.15, -0.1) is 0 Å². The zero-order chi connectivity index (χ0) is 13.7. The van der Waals surface area contributed by atoms with E-state index in [1.165, 1.54) is 0 Å². The molecule has 5 nitrogen and oxygen atoms in total. The highest BCUT2D eigenvalue weighted by Gasteiger charge is 2.19. The molecule has 19 heavy (non-hydrogen) atoms. The van der Waals surface area contributed by atoms with Gasteiger partial charge in [0.05, 0.1) is 13.7 Å². The minimum Gasteiger partial charge on any atom is -0.493 e. The van der Waals surface area contributed by atoms with Crippen molar-refractivity contribution in [3.8, 4) is 11.5 Å². The third-order valence-electron chi connectivity index (χ3n) is 3.27. The van der Waals surface area contributed by atoms with Crippen LogP contribution in [-0.4, -0.2) is 56.5 Å². The molecule has 1 saturated heterocycles. The molecule has 0 aromatic heterocycles. The van der Waals surface area contributed by atoms with Crippen LogP contribution in [0.5, 0.6) is 11.5 Å². The lowest BCUT2D eigenvalue weighted by Gasteiger charge is -2.16. The first kappa shape index (κ1) is 14.0. The number of ether oxygens (including phenoxy) is 2. The predicted molar refractivity (Wildman–Crippen MR) is 75.1 cm³/mol. The fourth-order valence-electron chi connectivity index (χ4n) is 2.32. The van der Waals surface area contributed by atoms with Crippen LogP contribution in [0.15, 0.2) is 18.2 Å². The number of hydrogen-bond acceptors (Lipinski definition) is 5. The number of anilines is 1. The molecule has 5 heteroatoms.